The largest absolute Gasteiger partial charge is 0.479 e. The fourth-order valence-corrected chi connectivity index (χ4v) is 2.74. The summed E-state index contributed by atoms with van der Waals surface area (Å²) in [5.41, 5.74) is 1.10. The van der Waals surface area contributed by atoms with Crippen molar-refractivity contribution in [2.24, 2.45) is 7.05 Å². The Morgan fingerprint density at radius 1 is 1.36 bits per heavy atom. The van der Waals surface area contributed by atoms with Crippen LogP contribution in [0.2, 0.25) is 0 Å². The first-order chi connectivity index (χ1) is 12.2. The van der Waals surface area contributed by atoms with Crippen LogP contribution >= 0.6 is 0 Å². The second-order valence-electron chi connectivity index (χ2n) is 5.80. The molecule has 9 nitrogen and oxygen atoms in total. The number of rotatable bonds is 4. The number of methoxy groups -OCH3 is 1. The zero-order valence-electron chi connectivity index (χ0n) is 13.8. The number of hydrogen-bond donors (Lipinski definition) is 0. The van der Waals surface area contributed by atoms with Crippen molar-refractivity contribution >= 4 is 5.91 Å². The summed E-state index contributed by atoms with van der Waals surface area (Å²) in [5.74, 6) is 1.20. The van der Waals surface area contributed by atoms with E-state index in [4.69, 9.17) is 9.26 Å². The third-order valence-corrected chi connectivity index (χ3v) is 4.07. The number of carbonyl (C=O) groups is 1. The van der Waals surface area contributed by atoms with E-state index in [-0.39, 0.29) is 11.8 Å². The number of likely N-dealkylation sites (tertiary alicyclic amines) is 1. The Bertz CT molecular complexity index is 898. The summed E-state index contributed by atoms with van der Waals surface area (Å²) in [6, 6.07) is 5.51. The fourth-order valence-electron chi connectivity index (χ4n) is 2.74. The molecule has 0 atom stereocenters. The summed E-state index contributed by atoms with van der Waals surface area (Å²) in [7, 11) is 3.24. The summed E-state index contributed by atoms with van der Waals surface area (Å²) in [6.45, 7) is 1.03. The Balaban J connectivity index is 1.44. The molecular formula is C16H16N6O3. The minimum atomic E-state index is -0.120. The van der Waals surface area contributed by atoms with Gasteiger partial charge in [0, 0.05) is 32.5 Å². The Kier molecular flexibility index (Phi) is 3.68. The van der Waals surface area contributed by atoms with E-state index in [1.165, 1.54) is 7.11 Å². The molecule has 25 heavy (non-hydrogen) atoms. The van der Waals surface area contributed by atoms with Gasteiger partial charge in [-0.15, -0.1) is 5.10 Å². The topological polar surface area (TPSA) is 99.2 Å². The molecule has 1 aliphatic heterocycles. The van der Waals surface area contributed by atoms with E-state index < -0.39 is 0 Å². The molecule has 3 aromatic rings. The second-order valence-corrected chi connectivity index (χ2v) is 5.80. The molecule has 128 valence electrons. The lowest BCUT2D eigenvalue weighted by molar-refractivity contribution is 0.0566. The van der Waals surface area contributed by atoms with Gasteiger partial charge >= 0.3 is 0 Å². The van der Waals surface area contributed by atoms with Crippen molar-refractivity contribution < 1.29 is 14.1 Å². The highest BCUT2D eigenvalue weighted by Crippen LogP contribution is 2.29. The molecule has 0 N–H and O–H groups in total. The SMILES string of the molecule is COc1nn(C)cc1C(=O)N1CC(c2nc(-c3ccccn3)no2)C1. The van der Waals surface area contributed by atoms with Gasteiger partial charge in [-0.05, 0) is 12.1 Å². The first-order valence-electron chi connectivity index (χ1n) is 7.77. The van der Waals surface area contributed by atoms with Gasteiger partial charge in [0.1, 0.15) is 11.3 Å². The number of carbonyl (C=O) groups excluding carboxylic acids is 1. The van der Waals surface area contributed by atoms with Gasteiger partial charge in [0.2, 0.25) is 17.6 Å². The number of amides is 1. The van der Waals surface area contributed by atoms with Crippen LogP contribution in [0.4, 0.5) is 0 Å². The van der Waals surface area contributed by atoms with Crippen molar-refractivity contribution in [3.05, 3.63) is 42.0 Å². The lowest BCUT2D eigenvalue weighted by Crippen LogP contribution is -2.48. The van der Waals surface area contributed by atoms with Crippen LogP contribution in [0.3, 0.4) is 0 Å². The zero-order chi connectivity index (χ0) is 17.4. The van der Waals surface area contributed by atoms with Gasteiger partial charge in [0.05, 0.1) is 13.0 Å². The van der Waals surface area contributed by atoms with E-state index in [2.05, 4.69) is 20.2 Å². The molecule has 0 aliphatic carbocycles. The van der Waals surface area contributed by atoms with Crippen molar-refractivity contribution in [2.45, 2.75) is 5.92 Å². The van der Waals surface area contributed by atoms with Crippen LogP contribution in [0.15, 0.2) is 35.1 Å². The van der Waals surface area contributed by atoms with Crippen LogP contribution in [0.1, 0.15) is 22.2 Å². The van der Waals surface area contributed by atoms with E-state index in [1.54, 1.807) is 29.0 Å². The number of pyridine rings is 1. The van der Waals surface area contributed by atoms with Gasteiger partial charge in [-0.2, -0.15) is 4.98 Å². The van der Waals surface area contributed by atoms with Crippen molar-refractivity contribution in [3.63, 3.8) is 0 Å². The van der Waals surface area contributed by atoms with E-state index in [1.807, 2.05) is 18.2 Å². The van der Waals surface area contributed by atoms with Crippen LogP contribution in [0, 0.1) is 0 Å². The highest BCUT2D eigenvalue weighted by atomic mass is 16.5. The lowest BCUT2D eigenvalue weighted by Gasteiger charge is -2.36. The third kappa shape index (κ3) is 2.73. The van der Waals surface area contributed by atoms with Gasteiger partial charge in [0.25, 0.3) is 5.91 Å². The molecule has 0 bridgehead atoms. The first-order valence-corrected chi connectivity index (χ1v) is 7.77. The minimum absolute atomic E-state index is 0.0246. The Labute approximate surface area is 143 Å². The Morgan fingerprint density at radius 3 is 2.92 bits per heavy atom. The average molecular weight is 340 g/mol. The maximum atomic E-state index is 12.5. The lowest BCUT2D eigenvalue weighted by atomic mass is 9.99. The van der Waals surface area contributed by atoms with Gasteiger partial charge in [-0.1, -0.05) is 11.2 Å². The molecule has 3 aromatic heterocycles. The monoisotopic (exact) mass is 340 g/mol. The molecular weight excluding hydrogens is 324 g/mol. The van der Waals surface area contributed by atoms with Gasteiger partial charge < -0.3 is 14.2 Å². The molecule has 4 rings (SSSR count). The number of aromatic nitrogens is 5. The maximum absolute atomic E-state index is 12.5. The van der Waals surface area contributed by atoms with Crippen molar-refractivity contribution in [2.75, 3.05) is 20.2 Å². The van der Waals surface area contributed by atoms with E-state index in [0.29, 0.717) is 41.9 Å². The summed E-state index contributed by atoms with van der Waals surface area (Å²) in [4.78, 5) is 22.8. The number of nitrogens with zero attached hydrogens (tertiary/aromatic N) is 6. The van der Waals surface area contributed by atoms with Crippen molar-refractivity contribution in [1.29, 1.82) is 0 Å². The van der Waals surface area contributed by atoms with Gasteiger partial charge in [-0.3, -0.25) is 14.5 Å². The van der Waals surface area contributed by atoms with Crippen molar-refractivity contribution in [1.82, 2.24) is 29.8 Å². The fraction of sp³-hybridized carbons (Fsp3) is 0.312. The highest BCUT2D eigenvalue weighted by Gasteiger charge is 2.37. The molecule has 0 unspecified atom stereocenters. The normalized spacial score (nSPS) is 14.4. The van der Waals surface area contributed by atoms with Crippen LogP contribution in [-0.2, 0) is 7.05 Å². The molecule has 1 amide bonds. The van der Waals surface area contributed by atoms with Crippen LogP contribution in [-0.4, -0.2) is 55.9 Å². The number of ether oxygens (including phenoxy) is 1. The van der Waals surface area contributed by atoms with Crippen LogP contribution in [0.5, 0.6) is 5.88 Å². The highest BCUT2D eigenvalue weighted by molar-refractivity contribution is 5.96. The quantitative estimate of drug-likeness (QED) is 0.701. The van der Waals surface area contributed by atoms with Gasteiger partial charge in [-0.25, -0.2) is 0 Å². The third-order valence-electron chi connectivity index (χ3n) is 4.07. The summed E-state index contributed by atoms with van der Waals surface area (Å²) in [6.07, 6.45) is 3.33. The molecule has 0 radical (unpaired) electrons. The molecule has 0 aromatic carbocycles. The Morgan fingerprint density at radius 2 is 2.20 bits per heavy atom. The molecule has 1 fully saturated rings. The maximum Gasteiger partial charge on any atom is 0.261 e. The predicted octanol–water partition coefficient (Wildman–Crippen LogP) is 1.11. The molecule has 0 spiro atoms. The van der Waals surface area contributed by atoms with Crippen LogP contribution < -0.4 is 4.74 Å². The standard InChI is InChI=1S/C16H16N6O3/c1-21-9-11(15(19-21)24-2)16(23)22-7-10(8-22)14-18-13(20-25-14)12-5-3-4-6-17-12/h3-6,9-10H,7-8H2,1-2H3. The summed E-state index contributed by atoms with van der Waals surface area (Å²) >= 11 is 0. The summed E-state index contributed by atoms with van der Waals surface area (Å²) in [5, 5.41) is 8.07. The minimum Gasteiger partial charge on any atom is -0.479 e. The van der Waals surface area contributed by atoms with Crippen LogP contribution in [0.25, 0.3) is 11.5 Å². The van der Waals surface area contributed by atoms with Crippen molar-refractivity contribution in [3.8, 4) is 17.4 Å². The second kappa shape index (κ2) is 6.00. The van der Waals surface area contributed by atoms with E-state index in [9.17, 15) is 4.79 Å². The molecule has 9 heteroatoms. The molecule has 0 saturated carbocycles. The number of hydrogen-bond acceptors (Lipinski definition) is 7. The first kappa shape index (κ1) is 15.3. The smallest absolute Gasteiger partial charge is 0.261 e. The molecule has 4 heterocycles. The summed E-state index contributed by atoms with van der Waals surface area (Å²) < 4.78 is 12.0. The molecule has 1 aliphatic rings. The number of aryl methyl sites for hydroxylation is 1. The molecule has 1 saturated heterocycles. The Hall–Kier alpha value is -3.23. The zero-order valence-corrected chi connectivity index (χ0v) is 13.8. The van der Waals surface area contributed by atoms with E-state index >= 15 is 0 Å². The predicted molar refractivity (Wildman–Crippen MR) is 85.9 cm³/mol. The van der Waals surface area contributed by atoms with Gasteiger partial charge in [0.15, 0.2) is 0 Å². The van der Waals surface area contributed by atoms with E-state index in [0.717, 1.165) is 0 Å². The average Bonchev–Trinajstić information content (AvgIpc) is 3.21.